The van der Waals surface area contributed by atoms with Crippen LogP contribution in [0.25, 0.3) is 0 Å². The van der Waals surface area contributed by atoms with Crippen LogP contribution in [0.2, 0.25) is 10.0 Å². The molecule has 1 heterocycles. The lowest BCUT2D eigenvalue weighted by Crippen LogP contribution is -2.42. The maximum atomic E-state index is 12.8. The Bertz CT molecular complexity index is 1020. The number of piperidine rings is 1. The molecule has 0 aliphatic carbocycles. The van der Waals surface area contributed by atoms with Crippen molar-refractivity contribution in [3.63, 3.8) is 0 Å². The zero-order chi connectivity index (χ0) is 21.0. The Morgan fingerprint density at radius 1 is 1.10 bits per heavy atom. The lowest BCUT2D eigenvalue weighted by Gasteiger charge is -2.30. The van der Waals surface area contributed by atoms with Crippen molar-refractivity contribution < 1.29 is 13.2 Å². The van der Waals surface area contributed by atoms with Gasteiger partial charge in [0.15, 0.2) is 0 Å². The summed E-state index contributed by atoms with van der Waals surface area (Å²) < 4.78 is 27.0. The lowest BCUT2D eigenvalue weighted by molar-refractivity contribution is -0.126. The smallest absolute Gasteiger partial charge is 0.243 e. The van der Waals surface area contributed by atoms with Gasteiger partial charge in [-0.2, -0.15) is 9.57 Å². The fraction of sp³-hybridized carbons (Fsp3) is 0.300. The van der Waals surface area contributed by atoms with Gasteiger partial charge in [0, 0.05) is 35.6 Å². The molecular formula is C20H19Cl2N3O3S. The van der Waals surface area contributed by atoms with Gasteiger partial charge in [0.05, 0.1) is 16.5 Å². The first-order chi connectivity index (χ1) is 13.8. The van der Waals surface area contributed by atoms with E-state index in [1.807, 2.05) is 6.07 Å². The van der Waals surface area contributed by atoms with Gasteiger partial charge in [-0.1, -0.05) is 35.3 Å². The number of halogens is 2. The number of hydrogen-bond donors (Lipinski definition) is 1. The quantitative estimate of drug-likeness (QED) is 0.751. The van der Waals surface area contributed by atoms with E-state index in [-0.39, 0.29) is 39.9 Å². The number of sulfonamides is 1. The minimum Gasteiger partial charge on any atom is -0.352 e. The van der Waals surface area contributed by atoms with E-state index in [4.69, 9.17) is 28.5 Å². The Morgan fingerprint density at radius 3 is 2.24 bits per heavy atom. The van der Waals surface area contributed by atoms with E-state index in [9.17, 15) is 13.2 Å². The van der Waals surface area contributed by atoms with E-state index >= 15 is 0 Å². The summed E-state index contributed by atoms with van der Waals surface area (Å²) >= 11 is 11.9. The highest BCUT2D eigenvalue weighted by Gasteiger charge is 2.32. The highest BCUT2D eigenvalue weighted by atomic mass is 35.5. The molecule has 0 unspecified atom stereocenters. The second-order valence-corrected chi connectivity index (χ2v) is 9.62. The summed E-state index contributed by atoms with van der Waals surface area (Å²) in [5.74, 6) is -0.347. The Hall–Kier alpha value is -2.11. The maximum absolute atomic E-state index is 12.8. The van der Waals surface area contributed by atoms with Gasteiger partial charge in [0.2, 0.25) is 15.9 Å². The van der Waals surface area contributed by atoms with E-state index < -0.39 is 10.0 Å². The molecule has 9 heteroatoms. The van der Waals surface area contributed by atoms with Crippen molar-refractivity contribution in [3.05, 3.63) is 63.6 Å². The molecule has 1 N–H and O–H groups in total. The van der Waals surface area contributed by atoms with Crippen LogP contribution in [0.1, 0.15) is 24.0 Å². The van der Waals surface area contributed by atoms with Crippen LogP contribution in [-0.4, -0.2) is 31.7 Å². The molecular weight excluding hydrogens is 433 g/mol. The molecule has 0 aromatic heterocycles. The Morgan fingerprint density at radius 2 is 1.69 bits per heavy atom. The third-order valence-electron chi connectivity index (χ3n) is 4.85. The molecule has 0 saturated carbocycles. The van der Waals surface area contributed by atoms with Crippen LogP contribution in [0, 0.1) is 17.2 Å². The van der Waals surface area contributed by atoms with Gasteiger partial charge in [0.1, 0.15) is 0 Å². The molecule has 3 rings (SSSR count). The molecule has 6 nitrogen and oxygen atoms in total. The number of carbonyl (C=O) groups excluding carboxylic acids is 1. The summed E-state index contributed by atoms with van der Waals surface area (Å²) in [6.07, 6.45) is 0.874. The number of rotatable bonds is 5. The largest absolute Gasteiger partial charge is 0.352 e. The molecule has 0 bridgehead atoms. The van der Waals surface area contributed by atoms with Crippen molar-refractivity contribution in [2.45, 2.75) is 24.3 Å². The van der Waals surface area contributed by atoms with E-state index in [0.717, 1.165) is 5.56 Å². The van der Waals surface area contributed by atoms with Crippen LogP contribution < -0.4 is 5.32 Å². The van der Waals surface area contributed by atoms with Crippen LogP contribution in [0.3, 0.4) is 0 Å². The van der Waals surface area contributed by atoms with E-state index in [1.165, 1.54) is 22.5 Å². The number of carbonyl (C=O) groups is 1. The topological polar surface area (TPSA) is 90.3 Å². The van der Waals surface area contributed by atoms with Gasteiger partial charge in [-0.25, -0.2) is 8.42 Å². The average molecular weight is 452 g/mol. The molecule has 0 atom stereocenters. The summed E-state index contributed by atoms with van der Waals surface area (Å²) in [6, 6.07) is 13.3. The molecule has 1 aliphatic rings. The number of hydrogen-bond acceptors (Lipinski definition) is 4. The van der Waals surface area contributed by atoms with Crippen LogP contribution in [0.4, 0.5) is 0 Å². The van der Waals surface area contributed by atoms with Gasteiger partial charge in [-0.3, -0.25) is 4.79 Å². The number of benzene rings is 2. The van der Waals surface area contributed by atoms with Crippen molar-refractivity contribution in [3.8, 4) is 6.07 Å². The highest BCUT2D eigenvalue weighted by molar-refractivity contribution is 7.89. The second kappa shape index (κ2) is 9.14. The van der Waals surface area contributed by atoms with Crippen LogP contribution >= 0.6 is 23.2 Å². The Kier molecular flexibility index (Phi) is 6.81. The number of amides is 1. The third kappa shape index (κ3) is 5.28. The highest BCUT2D eigenvalue weighted by Crippen LogP contribution is 2.28. The monoisotopic (exact) mass is 451 g/mol. The number of nitrogens with zero attached hydrogens (tertiary/aromatic N) is 2. The first-order valence-electron chi connectivity index (χ1n) is 9.02. The molecule has 1 saturated heterocycles. The van der Waals surface area contributed by atoms with Crippen LogP contribution in [0.5, 0.6) is 0 Å². The summed E-state index contributed by atoms with van der Waals surface area (Å²) in [5.41, 5.74) is 1.46. The van der Waals surface area contributed by atoms with E-state index in [0.29, 0.717) is 24.9 Å². The maximum Gasteiger partial charge on any atom is 0.243 e. The summed E-state index contributed by atoms with van der Waals surface area (Å²) in [4.78, 5) is 12.5. The summed E-state index contributed by atoms with van der Waals surface area (Å²) in [5, 5.41) is 12.2. The third-order valence-corrected chi connectivity index (χ3v) is 7.16. The molecule has 2 aromatic carbocycles. The van der Waals surface area contributed by atoms with Gasteiger partial charge in [-0.05, 0) is 48.7 Å². The minimum atomic E-state index is -3.71. The SMILES string of the molecule is N#Cc1ccc(CNC(=O)C2CCN(S(=O)(=O)c3cc(Cl)cc(Cl)c3)CC2)cc1. The molecule has 0 spiro atoms. The van der Waals surface area contributed by atoms with Gasteiger partial charge < -0.3 is 5.32 Å². The number of nitriles is 1. The first kappa shape index (κ1) is 21.6. The van der Waals surface area contributed by atoms with Gasteiger partial charge >= 0.3 is 0 Å². The molecule has 0 radical (unpaired) electrons. The second-order valence-electron chi connectivity index (χ2n) is 6.81. The Labute approximate surface area is 180 Å². The average Bonchev–Trinajstić information content (AvgIpc) is 2.71. The summed E-state index contributed by atoms with van der Waals surface area (Å²) in [6.45, 7) is 0.868. The standard InChI is InChI=1S/C20H19Cl2N3O3S/c21-17-9-18(22)11-19(10-17)29(27,28)25-7-5-16(6-8-25)20(26)24-13-15-3-1-14(12-23)2-4-15/h1-4,9-11,16H,5-8,13H2,(H,24,26). The van der Waals surface area contributed by atoms with Crippen molar-refractivity contribution in [2.24, 2.45) is 5.92 Å². The van der Waals surface area contributed by atoms with Crippen molar-refractivity contribution in [1.29, 1.82) is 5.26 Å². The molecule has 1 fully saturated rings. The molecule has 152 valence electrons. The van der Waals surface area contributed by atoms with Crippen molar-refractivity contribution in [1.82, 2.24) is 9.62 Å². The molecule has 1 aliphatic heterocycles. The molecule has 29 heavy (non-hydrogen) atoms. The molecule has 1 amide bonds. The normalized spacial score (nSPS) is 15.6. The fourth-order valence-electron chi connectivity index (χ4n) is 3.22. The minimum absolute atomic E-state index is 0.0544. The van der Waals surface area contributed by atoms with Crippen molar-refractivity contribution in [2.75, 3.05) is 13.1 Å². The summed E-state index contributed by atoms with van der Waals surface area (Å²) in [7, 11) is -3.71. The fourth-order valence-corrected chi connectivity index (χ4v) is 5.41. The van der Waals surface area contributed by atoms with E-state index in [1.54, 1.807) is 24.3 Å². The van der Waals surface area contributed by atoms with Crippen molar-refractivity contribution >= 4 is 39.1 Å². The van der Waals surface area contributed by atoms with Gasteiger partial charge in [0.25, 0.3) is 0 Å². The van der Waals surface area contributed by atoms with E-state index in [2.05, 4.69) is 5.32 Å². The van der Waals surface area contributed by atoms with Crippen LogP contribution in [0.15, 0.2) is 47.4 Å². The lowest BCUT2D eigenvalue weighted by atomic mass is 9.97. The number of nitrogens with one attached hydrogen (secondary N) is 1. The zero-order valence-corrected chi connectivity index (χ0v) is 17.8. The predicted octanol–water partition coefficient (Wildman–Crippen LogP) is 3.58. The predicted molar refractivity (Wildman–Crippen MR) is 111 cm³/mol. The first-order valence-corrected chi connectivity index (χ1v) is 11.2. The van der Waals surface area contributed by atoms with Crippen LogP contribution in [-0.2, 0) is 21.4 Å². The van der Waals surface area contributed by atoms with Gasteiger partial charge in [-0.15, -0.1) is 0 Å². The molecule has 2 aromatic rings. The zero-order valence-electron chi connectivity index (χ0n) is 15.4. The Balaban J connectivity index is 1.56.